The maximum absolute atomic E-state index is 12.0. The zero-order valence-corrected chi connectivity index (χ0v) is 12.3. The highest BCUT2D eigenvalue weighted by Gasteiger charge is 2.21. The van der Waals surface area contributed by atoms with Crippen molar-refractivity contribution in [3.8, 4) is 0 Å². The monoisotopic (exact) mass is 296 g/mol. The molecule has 5 heteroatoms. The number of rotatable bonds is 5. The molecule has 1 saturated heterocycles. The standard InChI is InChI=1S/C15H21ClN2O2/c16-13-3-5-14(6-4-13)17-15(20)11-18-8-1-2-12(10-18)7-9-19/h3-6,12,19H,1-2,7-11H2,(H,17,20). The van der Waals surface area contributed by atoms with E-state index in [0.717, 1.165) is 38.0 Å². The molecule has 1 aromatic rings. The first-order chi connectivity index (χ1) is 9.67. The fraction of sp³-hybridized carbons (Fsp3) is 0.533. The third-order valence-corrected chi connectivity index (χ3v) is 3.89. The fourth-order valence-corrected chi connectivity index (χ4v) is 2.78. The first-order valence-corrected chi connectivity index (χ1v) is 7.44. The van der Waals surface area contributed by atoms with Crippen LogP contribution in [0.5, 0.6) is 0 Å². The highest BCUT2D eigenvalue weighted by Crippen LogP contribution is 2.19. The predicted octanol–water partition coefficient (Wildman–Crippen LogP) is 2.37. The van der Waals surface area contributed by atoms with E-state index >= 15 is 0 Å². The highest BCUT2D eigenvalue weighted by molar-refractivity contribution is 6.30. The molecule has 0 radical (unpaired) electrons. The summed E-state index contributed by atoms with van der Waals surface area (Å²) in [5.74, 6) is 0.508. The number of amides is 1. The van der Waals surface area contributed by atoms with Gasteiger partial charge in [0.15, 0.2) is 0 Å². The summed E-state index contributed by atoms with van der Waals surface area (Å²) in [6.45, 7) is 2.49. The molecule has 1 aliphatic heterocycles. The zero-order chi connectivity index (χ0) is 14.4. The molecular formula is C15H21ClN2O2. The minimum atomic E-state index is -0.00280. The lowest BCUT2D eigenvalue weighted by Crippen LogP contribution is -2.40. The van der Waals surface area contributed by atoms with E-state index in [1.807, 2.05) is 0 Å². The molecule has 1 heterocycles. The molecule has 0 bridgehead atoms. The van der Waals surface area contributed by atoms with Gasteiger partial charge in [0.1, 0.15) is 0 Å². The second kappa shape index (κ2) is 7.62. The SMILES string of the molecule is O=C(CN1CCCC(CCO)C1)Nc1ccc(Cl)cc1. The number of halogens is 1. The van der Waals surface area contributed by atoms with E-state index in [0.29, 0.717) is 17.5 Å². The number of anilines is 1. The van der Waals surface area contributed by atoms with Crippen LogP contribution >= 0.6 is 11.6 Å². The molecule has 0 aliphatic carbocycles. The first kappa shape index (κ1) is 15.3. The van der Waals surface area contributed by atoms with Gasteiger partial charge in [-0.05, 0) is 56.0 Å². The average Bonchev–Trinajstić information content (AvgIpc) is 2.42. The number of hydrogen-bond donors (Lipinski definition) is 2. The molecule has 1 aliphatic rings. The van der Waals surface area contributed by atoms with Crippen molar-refractivity contribution in [2.75, 3.05) is 31.6 Å². The van der Waals surface area contributed by atoms with Crippen LogP contribution in [0.25, 0.3) is 0 Å². The number of carbonyl (C=O) groups excluding carboxylic acids is 1. The summed E-state index contributed by atoms with van der Waals surface area (Å²) >= 11 is 5.81. The van der Waals surface area contributed by atoms with E-state index in [2.05, 4.69) is 10.2 Å². The molecule has 1 unspecified atom stereocenters. The van der Waals surface area contributed by atoms with Crippen molar-refractivity contribution in [2.24, 2.45) is 5.92 Å². The average molecular weight is 297 g/mol. The van der Waals surface area contributed by atoms with Crippen molar-refractivity contribution in [3.63, 3.8) is 0 Å². The minimum Gasteiger partial charge on any atom is -0.396 e. The van der Waals surface area contributed by atoms with Gasteiger partial charge in [0.05, 0.1) is 6.54 Å². The van der Waals surface area contributed by atoms with Crippen LogP contribution in [0.2, 0.25) is 5.02 Å². The zero-order valence-electron chi connectivity index (χ0n) is 11.5. The number of aliphatic hydroxyl groups excluding tert-OH is 1. The number of nitrogens with one attached hydrogen (secondary N) is 1. The van der Waals surface area contributed by atoms with Crippen LogP contribution in [0.3, 0.4) is 0 Å². The number of hydrogen-bond acceptors (Lipinski definition) is 3. The van der Waals surface area contributed by atoms with E-state index in [4.69, 9.17) is 16.7 Å². The topological polar surface area (TPSA) is 52.6 Å². The summed E-state index contributed by atoms with van der Waals surface area (Å²) < 4.78 is 0. The van der Waals surface area contributed by atoms with Gasteiger partial charge in [0.25, 0.3) is 0 Å². The van der Waals surface area contributed by atoms with Crippen molar-refractivity contribution >= 4 is 23.2 Å². The Morgan fingerprint density at radius 1 is 1.40 bits per heavy atom. The Morgan fingerprint density at radius 2 is 2.15 bits per heavy atom. The highest BCUT2D eigenvalue weighted by atomic mass is 35.5. The lowest BCUT2D eigenvalue weighted by Gasteiger charge is -2.31. The van der Waals surface area contributed by atoms with Gasteiger partial charge in [-0.15, -0.1) is 0 Å². The number of nitrogens with zero attached hydrogens (tertiary/aromatic N) is 1. The number of aliphatic hydroxyl groups is 1. The Labute approximate surface area is 124 Å². The van der Waals surface area contributed by atoms with Crippen LogP contribution in [-0.2, 0) is 4.79 Å². The Bertz CT molecular complexity index is 434. The number of carbonyl (C=O) groups is 1. The normalized spacial score (nSPS) is 19.8. The van der Waals surface area contributed by atoms with E-state index in [1.165, 1.54) is 0 Å². The maximum atomic E-state index is 12.0. The summed E-state index contributed by atoms with van der Waals surface area (Å²) in [7, 11) is 0. The van der Waals surface area contributed by atoms with E-state index in [9.17, 15) is 4.79 Å². The van der Waals surface area contributed by atoms with Crippen LogP contribution in [0.4, 0.5) is 5.69 Å². The number of benzene rings is 1. The third kappa shape index (κ3) is 4.78. The maximum Gasteiger partial charge on any atom is 0.238 e. The Balaban J connectivity index is 1.80. The molecule has 4 nitrogen and oxygen atoms in total. The smallest absolute Gasteiger partial charge is 0.238 e. The summed E-state index contributed by atoms with van der Waals surface area (Å²) in [5, 5.41) is 12.5. The minimum absolute atomic E-state index is 0.00280. The molecule has 2 N–H and O–H groups in total. The van der Waals surface area contributed by atoms with Crippen LogP contribution in [-0.4, -0.2) is 42.2 Å². The van der Waals surface area contributed by atoms with E-state index in [-0.39, 0.29) is 12.5 Å². The summed E-state index contributed by atoms with van der Waals surface area (Å²) in [4.78, 5) is 14.2. The van der Waals surface area contributed by atoms with Crippen LogP contribution < -0.4 is 5.32 Å². The number of likely N-dealkylation sites (tertiary alicyclic amines) is 1. The molecule has 1 amide bonds. The van der Waals surface area contributed by atoms with E-state index in [1.54, 1.807) is 24.3 Å². The Kier molecular flexibility index (Phi) is 5.83. The molecule has 2 rings (SSSR count). The van der Waals surface area contributed by atoms with Gasteiger partial charge in [0, 0.05) is 23.9 Å². The van der Waals surface area contributed by atoms with Gasteiger partial charge in [0.2, 0.25) is 5.91 Å². The molecule has 20 heavy (non-hydrogen) atoms. The van der Waals surface area contributed by atoms with Crippen LogP contribution in [0.15, 0.2) is 24.3 Å². The number of piperidine rings is 1. The summed E-state index contributed by atoms with van der Waals surface area (Å²) in [5.41, 5.74) is 0.767. The molecule has 110 valence electrons. The van der Waals surface area contributed by atoms with Crippen molar-refractivity contribution in [2.45, 2.75) is 19.3 Å². The van der Waals surface area contributed by atoms with E-state index < -0.39 is 0 Å². The van der Waals surface area contributed by atoms with Gasteiger partial charge in [-0.1, -0.05) is 11.6 Å². The Morgan fingerprint density at radius 3 is 2.85 bits per heavy atom. The van der Waals surface area contributed by atoms with Crippen LogP contribution in [0.1, 0.15) is 19.3 Å². The van der Waals surface area contributed by atoms with Crippen molar-refractivity contribution in [3.05, 3.63) is 29.3 Å². The molecule has 1 fully saturated rings. The summed E-state index contributed by atoms with van der Waals surface area (Å²) in [6, 6.07) is 7.11. The lowest BCUT2D eigenvalue weighted by molar-refractivity contribution is -0.117. The molecule has 1 atom stereocenters. The largest absolute Gasteiger partial charge is 0.396 e. The van der Waals surface area contributed by atoms with Crippen molar-refractivity contribution in [1.82, 2.24) is 4.90 Å². The quantitative estimate of drug-likeness (QED) is 0.877. The first-order valence-electron chi connectivity index (χ1n) is 7.06. The molecule has 1 aromatic carbocycles. The fourth-order valence-electron chi connectivity index (χ4n) is 2.65. The van der Waals surface area contributed by atoms with Gasteiger partial charge in [-0.3, -0.25) is 9.69 Å². The van der Waals surface area contributed by atoms with Gasteiger partial charge in [-0.2, -0.15) is 0 Å². The predicted molar refractivity (Wildman–Crippen MR) is 80.9 cm³/mol. The third-order valence-electron chi connectivity index (χ3n) is 3.64. The van der Waals surface area contributed by atoms with Gasteiger partial charge in [-0.25, -0.2) is 0 Å². The second-order valence-corrected chi connectivity index (χ2v) is 5.75. The summed E-state index contributed by atoms with van der Waals surface area (Å²) in [6.07, 6.45) is 3.07. The van der Waals surface area contributed by atoms with Crippen molar-refractivity contribution < 1.29 is 9.90 Å². The van der Waals surface area contributed by atoms with Crippen molar-refractivity contribution in [1.29, 1.82) is 0 Å². The molecule has 0 spiro atoms. The Hall–Kier alpha value is -1.10. The lowest BCUT2D eigenvalue weighted by atomic mass is 9.95. The molecule has 0 aromatic heterocycles. The molecule has 0 saturated carbocycles. The van der Waals surface area contributed by atoms with Gasteiger partial charge < -0.3 is 10.4 Å². The molecular weight excluding hydrogens is 276 g/mol. The van der Waals surface area contributed by atoms with Crippen LogP contribution in [0, 0.1) is 5.92 Å². The van der Waals surface area contributed by atoms with Gasteiger partial charge >= 0.3 is 0 Å². The second-order valence-electron chi connectivity index (χ2n) is 5.31.